The molecule has 2 amide bonds. The van der Waals surface area contributed by atoms with Crippen molar-refractivity contribution in [2.24, 2.45) is 0 Å². The van der Waals surface area contributed by atoms with Crippen molar-refractivity contribution in [1.29, 1.82) is 0 Å². The van der Waals surface area contributed by atoms with Crippen molar-refractivity contribution in [3.63, 3.8) is 0 Å². The second-order valence-electron chi connectivity index (χ2n) is 5.14. The number of thiocarbonyl (C=S) groups is 1. The van der Waals surface area contributed by atoms with E-state index in [9.17, 15) is 9.59 Å². The highest BCUT2D eigenvalue weighted by Gasteiger charge is 2.34. The summed E-state index contributed by atoms with van der Waals surface area (Å²) in [6.45, 7) is 1.88. The Morgan fingerprint density at radius 1 is 1.17 bits per heavy atom. The number of nitrogens with zero attached hydrogens (tertiary/aromatic N) is 1. The first-order valence-electron chi connectivity index (χ1n) is 7.25. The summed E-state index contributed by atoms with van der Waals surface area (Å²) in [7, 11) is 0. The van der Waals surface area contributed by atoms with Crippen LogP contribution in [0.5, 0.6) is 0 Å². The van der Waals surface area contributed by atoms with Crippen LogP contribution in [0.25, 0.3) is 6.08 Å². The van der Waals surface area contributed by atoms with Crippen LogP contribution in [0.15, 0.2) is 64.8 Å². The van der Waals surface area contributed by atoms with Gasteiger partial charge in [0.1, 0.15) is 11.3 Å². The quantitative estimate of drug-likeness (QED) is 0.531. The molecule has 2 heterocycles. The van der Waals surface area contributed by atoms with Crippen molar-refractivity contribution in [2.75, 3.05) is 4.90 Å². The van der Waals surface area contributed by atoms with Crippen LogP contribution in [0.4, 0.5) is 5.69 Å². The van der Waals surface area contributed by atoms with Gasteiger partial charge in [-0.3, -0.25) is 19.8 Å². The predicted molar refractivity (Wildman–Crippen MR) is 95.2 cm³/mol. The third kappa shape index (κ3) is 3.04. The molecular formula is C18H14N2O3S. The summed E-state index contributed by atoms with van der Waals surface area (Å²) in [5.74, 6) is -0.345. The van der Waals surface area contributed by atoms with E-state index in [4.69, 9.17) is 16.6 Å². The van der Waals surface area contributed by atoms with Crippen molar-refractivity contribution in [3.8, 4) is 0 Å². The molecule has 1 aliphatic rings. The second-order valence-corrected chi connectivity index (χ2v) is 5.53. The second kappa shape index (κ2) is 6.64. The fourth-order valence-electron chi connectivity index (χ4n) is 2.34. The Labute approximate surface area is 144 Å². The summed E-state index contributed by atoms with van der Waals surface area (Å²) in [6.07, 6.45) is 6.26. The standard InChI is InChI=1S/C18H14N2O3S/c1-12-6-2-3-10-15(12)20-17(22)14(16(21)19-18(20)24)9-4-7-13-8-5-11-23-13/h2-11H,1H3,(H,19,21,24)/b7-4-,14-9-. The van der Waals surface area contributed by atoms with Gasteiger partial charge in [0, 0.05) is 0 Å². The van der Waals surface area contributed by atoms with E-state index in [2.05, 4.69) is 5.32 Å². The lowest BCUT2D eigenvalue weighted by atomic mass is 10.1. The molecule has 3 rings (SSSR count). The number of carbonyl (C=O) groups is 2. The van der Waals surface area contributed by atoms with Crippen molar-refractivity contribution < 1.29 is 14.0 Å². The molecule has 1 N–H and O–H groups in total. The van der Waals surface area contributed by atoms with Gasteiger partial charge in [0.15, 0.2) is 5.11 Å². The summed E-state index contributed by atoms with van der Waals surface area (Å²) in [6, 6.07) is 10.9. The monoisotopic (exact) mass is 338 g/mol. The SMILES string of the molecule is Cc1ccccc1N1C(=O)/C(=C\C=C/c2ccco2)C(=O)NC1=S. The van der Waals surface area contributed by atoms with Crippen LogP contribution in [0.3, 0.4) is 0 Å². The first kappa shape index (κ1) is 15.9. The fourth-order valence-corrected chi connectivity index (χ4v) is 2.61. The number of carbonyl (C=O) groups excluding carboxylic acids is 2. The van der Waals surface area contributed by atoms with E-state index in [1.807, 2.05) is 25.1 Å². The van der Waals surface area contributed by atoms with Crippen LogP contribution in [-0.4, -0.2) is 16.9 Å². The Morgan fingerprint density at radius 3 is 2.67 bits per heavy atom. The summed E-state index contributed by atoms with van der Waals surface area (Å²) >= 11 is 5.17. The molecule has 0 radical (unpaired) electrons. The molecule has 6 heteroatoms. The smallest absolute Gasteiger partial charge is 0.270 e. The topological polar surface area (TPSA) is 62.6 Å². The molecule has 120 valence electrons. The maximum atomic E-state index is 12.7. The van der Waals surface area contributed by atoms with Crippen LogP contribution in [0, 0.1) is 6.92 Å². The lowest BCUT2D eigenvalue weighted by molar-refractivity contribution is -0.122. The molecule has 0 aliphatic carbocycles. The van der Waals surface area contributed by atoms with E-state index in [0.717, 1.165) is 5.56 Å². The number of hydrogen-bond acceptors (Lipinski definition) is 4. The summed E-state index contributed by atoms with van der Waals surface area (Å²) in [5, 5.41) is 2.63. The molecule has 1 aliphatic heterocycles. The highest BCUT2D eigenvalue weighted by molar-refractivity contribution is 7.80. The molecule has 24 heavy (non-hydrogen) atoms. The third-order valence-corrected chi connectivity index (χ3v) is 3.81. The predicted octanol–water partition coefficient (Wildman–Crippen LogP) is 2.98. The fraction of sp³-hybridized carbons (Fsp3) is 0.0556. The van der Waals surface area contributed by atoms with Gasteiger partial charge in [-0.25, -0.2) is 0 Å². The number of nitrogens with one attached hydrogen (secondary N) is 1. The van der Waals surface area contributed by atoms with Gasteiger partial charge in [0.05, 0.1) is 12.0 Å². The number of rotatable bonds is 3. The first-order valence-corrected chi connectivity index (χ1v) is 7.66. The maximum absolute atomic E-state index is 12.7. The molecule has 0 bridgehead atoms. The van der Waals surface area contributed by atoms with E-state index in [0.29, 0.717) is 11.4 Å². The Bertz CT molecular complexity index is 866. The van der Waals surface area contributed by atoms with Gasteiger partial charge >= 0.3 is 0 Å². The number of benzene rings is 1. The number of amides is 2. The van der Waals surface area contributed by atoms with Gasteiger partial charge in [-0.1, -0.05) is 24.3 Å². The molecule has 1 aromatic carbocycles. The van der Waals surface area contributed by atoms with Crippen molar-refractivity contribution in [1.82, 2.24) is 5.32 Å². The number of para-hydroxylation sites is 1. The van der Waals surface area contributed by atoms with Crippen molar-refractivity contribution in [2.45, 2.75) is 6.92 Å². The molecule has 2 aromatic rings. The lowest BCUT2D eigenvalue weighted by Crippen LogP contribution is -2.54. The van der Waals surface area contributed by atoms with E-state index in [1.165, 1.54) is 11.0 Å². The summed E-state index contributed by atoms with van der Waals surface area (Å²) < 4.78 is 5.17. The van der Waals surface area contributed by atoms with Crippen LogP contribution in [0.2, 0.25) is 0 Å². The highest BCUT2D eigenvalue weighted by atomic mass is 32.1. The number of hydrogen-bond donors (Lipinski definition) is 1. The molecule has 5 nitrogen and oxygen atoms in total. The first-order chi connectivity index (χ1) is 11.6. The average molecular weight is 338 g/mol. The third-order valence-electron chi connectivity index (χ3n) is 3.52. The lowest BCUT2D eigenvalue weighted by Gasteiger charge is -2.29. The molecule has 0 spiro atoms. The molecule has 0 unspecified atom stereocenters. The molecule has 1 saturated heterocycles. The summed E-state index contributed by atoms with van der Waals surface area (Å²) in [5.41, 5.74) is 1.54. The normalized spacial score (nSPS) is 17.0. The van der Waals surface area contributed by atoms with Crippen LogP contribution < -0.4 is 10.2 Å². The number of furan rings is 1. The van der Waals surface area contributed by atoms with E-state index < -0.39 is 11.8 Å². The van der Waals surface area contributed by atoms with E-state index >= 15 is 0 Å². The minimum atomic E-state index is -0.515. The Balaban J connectivity index is 1.93. The largest absolute Gasteiger partial charge is 0.465 e. The van der Waals surface area contributed by atoms with Gasteiger partial charge in [-0.15, -0.1) is 0 Å². The van der Waals surface area contributed by atoms with Gasteiger partial charge in [-0.05, 0) is 55.1 Å². The molecule has 0 atom stereocenters. The van der Waals surface area contributed by atoms with Crippen molar-refractivity contribution in [3.05, 3.63) is 71.7 Å². The van der Waals surface area contributed by atoms with Crippen LogP contribution in [0.1, 0.15) is 11.3 Å². The number of allylic oxidation sites excluding steroid dienone is 2. The van der Waals surface area contributed by atoms with E-state index in [-0.39, 0.29) is 10.7 Å². The molecular weight excluding hydrogens is 324 g/mol. The maximum Gasteiger partial charge on any atom is 0.270 e. The summed E-state index contributed by atoms with van der Waals surface area (Å²) in [4.78, 5) is 26.2. The van der Waals surface area contributed by atoms with Gasteiger partial charge < -0.3 is 4.42 Å². The number of anilines is 1. The van der Waals surface area contributed by atoms with Gasteiger partial charge in [0.25, 0.3) is 11.8 Å². The Morgan fingerprint density at radius 2 is 1.96 bits per heavy atom. The van der Waals surface area contributed by atoms with E-state index in [1.54, 1.807) is 36.6 Å². The average Bonchev–Trinajstić information content (AvgIpc) is 3.05. The minimum Gasteiger partial charge on any atom is -0.465 e. The zero-order valence-corrected chi connectivity index (χ0v) is 13.7. The Hall–Kier alpha value is -2.99. The zero-order chi connectivity index (χ0) is 17.1. The molecule has 1 fully saturated rings. The van der Waals surface area contributed by atoms with Gasteiger partial charge in [0.2, 0.25) is 0 Å². The van der Waals surface area contributed by atoms with Crippen LogP contribution in [-0.2, 0) is 9.59 Å². The molecule has 0 saturated carbocycles. The highest BCUT2D eigenvalue weighted by Crippen LogP contribution is 2.24. The van der Waals surface area contributed by atoms with Crippen LogP contribution >= 0.6 is 12.2 Å². The molecule has 1 aromatic heterocycles. The zero-order valence-electron chi connectivity index (χ0n) is 12.9. The number of aryl methyl sites for hydroxylation is 1. The minimum absolute atomic E-state index is 0.00894. The van der Waals surface area contributed by atoms with Crippen molar-refractivity contribution >= 4 is 40.9 Å². The Kier molecular flexibility index (Phi) is 4.39. The van der Waals surface area contributed by atoms with Gasteiger partial charge in [-0.2, -0.15) is 0 Å².